The molecule has 3 heterocycles. The number of sulfonamides is 1. The van der Waals surface area contributed by atoms with E-state index in [1.807, 2.05) is 24.3 Å². The molecule has 0 N–H and O–H groups in total. The molecule has 1 aromatic carbocycles. The van der Waals surface area contributed by atoms with Crippen LogP contribution < -0.4 is 0 Å². The van der Waals surface area contributed by atoms with Crippen molar-refractivity contribution in [2.75, 3.05) is 26.2 Å². The number of benzene rings is 1. The van der Waals surface area contributed by atoms with E-state index in [2.05, 4.69) is 5.16 Å². The Labute approximate surface area is 182 Å². The number of nitrogens with zero attached hydrogens (tertiary/aromatic N) is 3. The quantitative estimate of drug-likeness (QED) is 0.697. The van der Waals surface area contributed by atoms with Crippen LogP contribution in [0, 0.1) is 13.8 Å². The zero-order valence-corrected chi connectivity index (χ0v) is 18.7. The molecular formula is C21H26ClN3O4S. The highest BCUT2D eigenvalue weighted by molar-refractivity contribution is 7.89. The minimum absolute atomic E-state index is 0.0858. The fourth-order valence-electron chi connectivity index (χ4n) is 4.24. The SMILES string of the molecule is Cc1noc(C)c1CC(=O)N1CC(S(=O)(=O)N2CCC(c3ccc(Cl)cc3)CC2)C1. The zero-order valence-electron chi connectivity index (χ0n) is 17.2. The first-order valence-electron chi connectivity index (χ1n) is 10.2. The Morgan fingerprint density at radius 1 is 1.17 bits per heavy atom. The molecule has 2 aliphatic heterocycles. The third-order valence-electron chi connectivity index (χ3n) is 6.29. The lowest BCUT2D eigenvalue weighted by atomic mass is 9.90. The van der Waals surface area contributed by atoms with E-state index in [9.17, 15) is 13.2 Å². The van der Waals surface area contributed by atoms with Crippen LogP contribution in [0.4, 0.5) is 0 Å². The number of likely N-dealkylation sites (tertiary alicyclic amines) is 1. The smallest absolute Gasteiger partial charge is 0.227 e. The highest BCUT2D eigenvalue weighted by Gasteiger charge is 2.43. The number of amides is 1. The van der Waals surface area contributed by atoms with E-state index in [-0.39, 0.29) is 25.4 Å². The predicted molar refractivity (Wildman–Crippen MR) is 114 cm³/mol. The monoisotopic (exact) mass is 451 g/mol. The number of rotatable bonds is 5. The van der Waals surface area contributed by atoms with E-state index in [0.717, 1.165) is 18.4 Å². The van der Waals surface area contributed by atoms with Gasteiger partial charge in [-0.1, -0.05) is 28.9 Å². The van der Waals surface area contributed by atoms with Crippen molar-refractivity contribution in [3.05, 3.63) is 51.9 Å². The van der Waals surface area contributed by atoms with Gasteiger partial charge in [-0.2, -0.15) is 0 Å². The number of carbonyl (C=O) groups excluding carboxylic acids is 1. The Bertz CT molecular complexity index is 1000. The third-order valence-corrected chi connectivity index (χ3v) is 8.76. The van der Waals surface area contributed by atoms with Crippen LogP contribution in [0.1, 0.15) is 41.3 Å². The molecule has 1 amide bonds. The summed E-state index contributed by atoms with van der Waals surface area (Å²) in [5, 5.41) is 4.06. The first-order valence-corrected chi connectivity index (χ1v) is 12.1. The fraction of sp³-hybridized carbons (Fsp3) is 0.524. The van der Waals surface area contributed by atoms with E-state index in [0.29, 0.717) is 35.5 Å². The normalized spacial score (nSPS) is 19.1. The summed E-state index contributed by atoms with van der Waals surface area (Å²) in [7, 11) is -3.39. The van der Waals surface area contributed by atoms with Gasteiger partial charge in [0.25, 0.3) is 0 Å². The molecule has 9 heteroatoms. The van der Waals surface area contributed by atoms with Gasteiger partial charge in [-0.05, 0) is 50.3 Å². The second-order valence-electron chi connectivity index (χ2n) is 8.17. The summed E-state index contributed by atoms with van der Waals surface area (Å²) in [5.74, 6) is 0.898. The molecule has 4 rings (SSSR count). The van der Waals surface area contributed by atoms with Crippen molar-refractivity contribution in [3.8, 4) is 0 Å². The number of aromatic nitrogens is 1. The van der Waals surface area contributed by atoms with Gasteiger partial charge in [0.2, 0.25) is 15.9 Å². The van der Waals surface area contributed by atoms with E-state index >= 15 is 0 Å². The predicted octanol–water partition coefficient (Wildman–Crippen LogP) is 2.91. The lowest BCUT2D eigenvalue weighted by Gasteiger charge is -2.42. The summed E-state index contributed by atoms with van der Waals surface area (Å²) < 4.78 is 32.7. The van der Waals surface area contributed by atoms with Crippen LogP contribution in [0.15, 0.2) is 28.8 Å². The number of carbonyl (C=O) groups is 1. The second-order valence-corrected chi connectivity index (χ2v) is 10.8. The van der Waals surface area contributed by atoms with Crippen molar-refractivity contribution >= 4 is 27.5 Å². The van der Waals surface area contributed by atoms with E-state index in [1.165, 1.54) is 5.56 Å². The fourth-order valence-corrected chi connectivity index (χ4v) is 6.24. The topological polar surface area (TPSA) is 83.7 Å². The highest BCUT2D eigenvalue weighted by Crippen LogP contribution is 2.32. The van der Waals surface area contributed by atoms with Gasteiger partial charge in [0.1, 0.15) is 11.0 Å². The molecule has 0 atom stereocenters. The lowest BCUT2D eigenvalue weighted by Crippen LogP contribution is -2.60. The van der Waals surface area contributed by atoms with Crippen molar-refractivity contribution in [3.63, 3.8) is 0 Å². The molecule has 0 saturated carbocycles. The van der Waals surface area contributed by atoms with Gasteiger partial charge in [-0.25, -0.2) is 12.7 Å². The minimum Gasteiger partial charge on any atom is -0.361 e. The van der Waals surface area contributed by atoms with Gasteiger partial charge in [-0.15, -0.1) is 0 Å². The second kappa shape index (κ2) is 8.32. The van der Waals surface area contributed by atoms with E-state index < -0.39 is 15.3 Å². The molecule has 2 aliphatic rings. The number of aryl methyl sites for hydroxylation is 2. The van der Waals surface area contributed by atoms with Gasteiger partial charge < -0.3 is 9.42 Å². The van der Waals surface area contributed by atoms with Gasteiger partial charge in [0.15, 0.2) is 0 Å². The molecule has 0 aliphatic carbocycles. The summed E-state index contributed by atoms with van der Waals surface area (Å²) >= 11 is 5.96. The van der Waals surface area contributed by atoms with Crippen LogP contribution in [0.2, 0.25) is 5.02 Å². The van der Waals surface area contributed by atoms with Crippen LogP contribution in [0.25, 0.3) is 0 Å². The van der Waals surface area contributed by atoms with Crippen molar-refractivity contribution in [1.29, 1.82) is 0 Å². The van der Waals surface area contributed by atoms with Crippen molar-refractivity contribution in [2.45, 2.75) is 44.3 Å². The molecule has 2 fully saturated rings. The summed E-state index contributed by atoms with van der Waals surface area (Å²) in [5.41, 5.74) is 2.70. The molecule has 162 valence electrons. The Morgan fingerprint density at radius 3 is 2.37 bits per heavy atom. The van der Waals surface area contributed by atoms with Crippen molar-refractivity contribution in [2.24, 2.45) is 0 Å². The van der Waals surface area contributed by atoms with Gasteiger partial charge >= 0.3 is 0 Å². The average Bonchev–Trinajstić information content (AvgIpc) is 2.99. The molecule has 0 bridgehead atoms. The van der Waals surface area contributed by atoms with E-state index in [1.54, 1.807) is 23.1 Å². The largest absolute Gasteiger partial charge is 0.361 e. The molecule has 7 nitrogen and oxygen atoms in total. The van der Waals surface area contributed by atoms with Crippen molar-refractivity contribution < 1.29 is 17.7 Å². The molecule has 2 saturated heterocycles. The molecule has 1 aromatic heterocycles. The molecule has 2 aromatic rings. The molecular weight excluding hydrogens is 426 g/mol. The van der Waals surface area contributed by atoms with Crippen LogP contribution in [0.3, 0.4) is 0 Å². The number of halogens is 1. The summed E-state index contributed by atoms with van der Waals surface area (Å²) in [6, 6.07) is 7.79. The Balaban J connectivity index is 1.30. The molecule has 0 spiro atoms. The standard InChI is InChI=1S/C21H26ClN3O4S/c1-14-20(15(2)29-23-14)11-21(26)24-12-19(13-24)30(27,28)25-9-7-17(8-10-25)16-3-5-18(22)6-4-16/h3-6,17,19H,7-13H2,1-2H3. The maximum absolute atomic E-state index is 13.0. The molecule has 0 radical (unpaired) electrons. The van der Waals surface area contributed by atoms with Crippen LogP contribution in [-0.4, -0.2) is 60.1 Å². The van der Waals surface area contributed by atoms with Crippen LogP contribution in [-0.2, 0) is 21.2 Å². The first-order chi connectivity index (χ1) is 14.3. The van der Waals surface area contributed by atoms with Gasteiger partial charge in [-0.3, -0.25) is 4.79 Å². The Kier molecular flexibility index (Phi) is 5.92. The third kappa shape index (κ3) is 4.13. The molecule has 30 heavy (non-hydrogen) atoms. The van der Waals surface area contributed by atoms with Crippen molar-refractivity contribution in [1.82, 2.24) is 14.4 Å². The zero-order chi connectivity index (χ0) is 21.5. The summed E-state index contributed by atoms with van der Waals surface area (Å²) in [6.07, 6.45) is 1.78. The van der Waals surface area contributed by atoms with Gasteiger partial charge in [0, 0.05) is 36.8 Å². The highest BCUT2D eigenvalue weighted by atomic mass is 35.5. The maximum Gasteiger partial charge on any atom is 0.227 e. The number of hydrogen-bond acceptors (Lipinski definition) is 5. The Morgan fingerprint density at radius 2 is 1.80 bits per heavy atom. The van der Waals surface area contributed by atoms with Crippen LogP contribution >= 0.6 is 11.6 Å². The number of hydrogen-bond donors (Lipinski definition) is 0. The molecule has 0 unspecified atom stereocenters. The average molecular weight is 452 g/mol. The summed E-state index contributed by atoms with van der Waals surface area (Å²) in [4.78, 5) is 14.1. The minimum atomic E-state index is -3.39. The summed E-state index contributed by atoms with van der Waals surface area (Å²) in [6.45, 7) is 5.11. The maximum atomic E-state index is 13.0. The van der Waals surface area contributed by atoms with E-state index in [4.69, 9.17) is 16.1 Å². The van der Waals surface area contributed by atoms with Crippen LogP contribution in [0.5, 0.6) is 0 Å². The lowest BCUT2D eigenvalue weighted by molar-refractivity contribution is -0.133. The number of piperidine rings is 1. The first kappa shape index (κ1) is 21.3. The Hall–Kier alpha value is -1.90. The van der Waals surface area contributed by atoms with Gasteiger partial charge in [0.05, 0.1) is 12.1 Å².